The average Bonchev–Trinajstić information content (AvgIpc) is 2.76. The first-order chi connectivity index (χ1) is 8.61. The van der Waals surface area contributed by atoms with Crippen molar-refractivity contribution in [3.05, 3.63) is 46.2 Å². The van der Waals surface area contributed by atoms with Gasteiger partial charge in [0.05, 0.1) is 18.9 Å². The number of methoxy groups -OCH3 is 1. The van der Waals surface area contributed by atoms with E-state index in [4.69, 9.17) is 4.74 Å². The summed E-state index contributed by atoms with van der Waals surface area (Å²) >= 11 is 3.42. The molecular weight excluding hydrogens is 296 g/mol. The first-order valence-corrected chi connectivity index (χ1v) is 6.39. The summed E-state index contributed by atoms with van der Waals surface area (Å²) in [6, 6.07) is 7.57. The number of aliphatic hydroxyl groups is 1. The summed E-state index contributed by atoms with van der Waals surface area (Å²) in [4.78, 5) is 0. The lowest BCUT2D eigenvalue weighted by Crippen LogP contribution is -2.08. The second kappa shape index (κ2) is 5.54. The summed E-state index contributed by atoms with van der Waals surface area (Å²) in [5.41, 5.74) is 1.75. The van der Waals surface area contributed by atoms with Crippen molar-refractivity contribution in [3.8, 4) is 5.75 Å². The molecule has 0 spiro atoms. The molecule has 0 aliphatic carbocycles. The first-order valence-electron chi connectivity index (χ1n) is 5.60. The molecule has 1 unspecified atom stereocenters. The van der Waals surface area contributed by atoms with Crippen LogP contribution >= 0.6 is 15.9 Å². The lowest BCUT2D eigenvalue weighted by atomic mass is 10.0. The topological polar surface area (TPSA) is 47.3 Å². The molecule has 96 valence electrons. The highest BCUT2D eigenvalue weighted by Gasteiger charge is 2.15. The van der Waals surface area contributed by atoms with Gasteiger partial charge in [0.25, 0.3) is 0 Å². The fourth-order valence-corrected chi connectivity index (χ4v) is 2.34. The van der Waals surface area contributed by atoms with Crippen molar-refractivity contribution in [2.75, 3.05) is 7.11 Å². The number of aliphatic hydroxyl groups excluding tert-OH is 1. The van der Waals surface area contributed by atoms with Crippen molar-refractivity contribution in [2.45, 2.75) is 12.5 Å². The van der Waals surface area contributed by atoms with Crippen LogP contribution in [-0.4, -0.2) is 22.0 Å². The summed E-state index contributed by atoms with van der Waals surface area (Å²) in [6.07, 6.45) is 1.57. The van der Waals surface area contributed by atoms with Crippen LogP contribution in [0.4, 0.5) is 0 Å². The van der Waals surface area contributed by atoms with Crippen molar-refractivity contribution in [1.82, 2.24) is 9.78 Å². The minimum Gasteiger partial charge on any atom is -0.496 e. The van der Waals surface area contributed by atoms with Crippen LogP contribution in [0.2, 0.25) is 0 Å². The molecule has 0 saturated carbocycles. The van der Waals surface area contributed by atoms with Crippen molar-refractivity contribution in [3.63, 3.8) is 0 Å². The number of ether oxygens (including phenoxy) is 1. The molecule has 0 aliphatic rings. The van der Waals surface area contributed by atoms with Gasteiger partial charge in [0.15, 0.2) is 0 Å². The third kappa shape index (κ3) is 2.73. The van der Waals surface area contributed by atoms with Crippen molar-refractivity contribution in [2.24, 2.45) is 7.05 Å². The monoisotopic (exact) mass is 310 g/mol. The van der Waals surface area contributed by atoms with Gasteiger partial charge in [-0.1, -0.05) is 15.9 Å². The average molecular weight is 311 g/mol. The number of halogens is 1. The lowest BCUT2D eigenvalue weighted by Gasteiger charge is -2.14. The third-order valence-electron chi connectivity index (χ3n) is 2.86. The Balaban J connectivity index is 2.23. The van der Waals surface area contributed by atoms with Crippen molar-refractivity contribution >= 4 is 15.9 Å². The van der Waals surface area contributed by atoms with E-state index in [9.17, 15) is 5.11 Å². The van der Waals surface area contributed by atoms with Crippen LogP contribution in [0.25, 0.3) is 0 Å². The summed E-state index contributed by atoms with van der Waals surface area (Å²) in [6.45, 7) is 0. The Morgan fingerprint density at radius 2 is 2.22 bits per heavy atom. The molecule has 5 heteroatoms. The summed E-state index contributed by atoms with van der Waals surface area (Å²) in [5, 5.41) is 14.3. The molecule has 0 fully saturated rings. The maximum absolute atomic E-state index is 10.2. The van der Waals surface area contributed by atoms with Crippen LogP contribution in [0.1, 0.15) is 17.4 Å². The molecule has 18 heavy (non-hydrogen) atoms. The van der Waals surface area contributed by atoms with Crippen molar-refractivity contribution < 1.29 is 9.84 Å². The molecule has 0 saturated heterocycles. The summed E-state index contributed by atoms with van der Waals surface area (Å²) < 4.78 is 7.94. The van der Waals surface area contributed by atoms with Crippen LogP contribution in [-0.2, 0) is 13.5 Å². The molecule has 1 atom stereocenters. The zero-order valence-electron chi connectivity index (χ0n) is 10.3. The van der Waals surface area contributed by atoms with E-state index in [1.807, 2.05) is 31.3 Å². The van der Waals surface area contributed by atoms with E-state index >= 15 is 0 Å². The molecule has 2 rings (SSSR count). The summed E-state index contributed by atoms with van der Waals surface area (Å²) in [7, 11) is 3.44. The second-order valence-electron chi connectivity index (χ2n) is 4.06. The SMILES string of the molecule is COc1ccc(Br)cc1CC(O)c1ccnn1C. The normalized spacial score (nSPS) is 12.4. The Hall–Kier alpha value is -1.33. The molecule has 4 nitrogen and oxygen atoms in total. The predicted molar refractivity (Wildman–Crippen MR) is 72.6 cm³/mol. The largest absolute Gasteiger partial charge is 0.496 e. The quantitative estimate of drug-likeness (QED) is 0.943. The van der Waals surface area contributed by atoms with Gasteiger partial charge in [-0.05, 0) is 29.8 Å². The highest BCUT2D eigenvalue weighted by molar-refractivity contribution is 9.10. The van der Waals surface area contributed by atoms with E-state index in [0.29, 0.717) is 6.42 Å². The van der Waals surface area contributed by atoms with Gasteiger partial charge in [0, 0.05) is 24.1 Å². The molecule has 1 aromatic heterocycles. The van der Waals surface area contributed by atoms with Gasteiger partial charge in [-0.25, -0.2) is 0 Å². The highest BCUT2D eigenvalue weighted by Crippen LogP contribution is 2.27. The molecule has 2 aromatic rings. The third-order valence-corrected chi connectivity index (χ3v) is 3.35. The molecule has 0 amide bonds. The molecule has 1 aromatic carbocycles. The summed E-state index contributed by atoms with van der Waals surface area (Å²) in [5.74, 6) is 0.777. The van der Waals surface area contributed by atoms with E-state index in [-0.39, 0.29) is 0 Å². The van der Waals surface area contributed by atoms with Crippen LogP contribution in [0.15, 0.2) is 34.9 Å². The van der Waals surface area contributed by atoms with E-state index in [0.717, 1.165) is 21.5 Å². The van der Waals surface area contributed by atoms with E-state index in [2.05, 4.69) is 21.0 Å². The number of aryl methyl sites for hydroxylation is 1. The van der Waals surface area contributed by atoms with Crippen LogP contribution in [0.3, 0.4) is 0 Å². The number of nitrogens with zero attached hydrogens (tertiary/aromatic N) is 2. The number of hydrogen-bond acceptors (Lipinski definition) is 3. The number of hydrogen-bond donors (Lipinski definition) is 1. The Kier molecular flexibility index (Phi) is 4.04. The lowest BCUT2D eigenvalue weighted by molar-refractivity contribution is 0.167. The Bertz CT molecular complexity index is 540. The Morgan fingerprint density at radius 3 is 2.83 bits per heavy atom. The van der Waals surface area contributed by atoms with Gasteiger partial charge < -0.3 is 9.84 Å². The van der Waals surface area contributed by atoms with Crippen LogP contribution < -0.4 is 4.74 Å². The minimum atomic E-state index is -0.597. The zero-order valence-corrected chi connectivity index (χ0v) is 11.9. The minimum absolute atomic E-state index is 0.488. The van der Waals surface area contributed by atoms with Gasteiger partial charge in [0.2, 0.25) is 0 Å². The molecule has 0 bridgehead atoms. The predicted octanol–water partition coefficient (Wildman–Crippen LogP) is 2.47. The van der Waals surface area contributed by atoms with Gasteiger partial charge in [-0.3, -0.25) is 4.68 Å². The van der Waals surface area contributed by atoms with E-state index in [1.165, 1.54) is 0 Å². The zero-order chi connectivity index (χ0) is 13.1. The van der Waals surface area contributed by atoms with Crippen LogP contribution in [0, 0.1) is 0 Å². The smallest absolute Gasteiger partial charge is 0.122 e. The fraction of sp³-hybridized carbons (Fsp3) is 0.308. The van der Waals surface area contributed by atoms with Gasteiger partial charge in [0.1, 0.15) is 5.75 Å². The van der Waals surface area contributed by atoms with Crippen molar-refractivity contribution in [1.29, 1.82) is 0 Å². The molecular formula is C13H15BrN2O2. The van der Waals surface area contributed by atoms with E-state index in [1.54, 1.807) is 18.0 Å². The van der Waals surface area contributed by atoms with Gasteiger partial charge >= 0.3 is 0 Å². The Labute approximate surface area is 114 Å². The molecule has 1 heterocycles. The first kappa shape index (κ1) is 13.1. The number of aromatic nitrogens is 2. The number of benzene rings is 1. The molecule has 0 radical (unpaired) electrons. The van der Waals surface area contributed by atoms with E-state index < -0.39 is 6.10 Å². The van der Waals surface area contributed by atoms with Crippen LogP contribution in [0.5, 0.6) is 5.75 Å². The maximum atomic E-state index is 10.2. The van der Waals surface area contributed by atoms with Gasteiger partial charge in [-0.15, -0.1) is 0 Å². The Morgan fingerprint density at radius 1 is 1.44 bits per heavy atom. The number of rotatable bonds is 4. The fourth-order valence-electron chi connectivity index (χ4n) is 1.93. The molecule has 0 aliphatic heterocycles. The highest BCUT2D eigenvalue weighted by atomic mass is 79.9. The standard InChI is InChI=1S/C13H15BrN2O2/c1-16-11(5-6-15-16)12(17)8-9-7-10(14)3-4-13(9)18-2/h3-7,12,17H,8H2,1-2H3. The second-order valence-corrected chi connectivity index (χ2v) is 4.97. The maximum Gasteiger partial charge on any atom is 0.122 e. The van der Waals surface area contributed by atoms with Gasteiger partial charge in [-0.2, -0.15) is 5.10 Å². The molecule has 1 N–H and O–H groups in total.